The van der Waals surface area contributed by atoms with Crippen molar-refractivity contribution < 1.29 is 9.59 Å². The zero-order chi connectivity index (χ0) is 21.1. The van der Waals surface area contributed by atoms with E-state index in [0.717, 1.165) is 23.3 Å². The molecule has 1 N–H and O–H groups in total. The largest absolute Gasteiger partial charge is 0.354 e. The summed E-state index contributed by atoms with van der Waals surface area (Å²) in [4.78, 5) is 28.7. The van der Waals surface area contributed by atoms with Gasteiger partial charge in [0.2, 0.25) is 11.8 Å². The van der Waals surface area contributed by atoms with Crippen molar-refractivity contribution in [3.8, 4) is 0 Å². The van der Waals surface area contributed by atoms with Crippen molar-refractivity contribution >= 4 is 23.6 Å². The molecule has 29 heavy (non-hydrogen) atoms. The summed E-state index contributed by atoms with van der Waals surface area (Å²) in [6.45, 7) is 7.19. The first-order valence-electron chi connectivity index (χ1n) is 10.4. The van der Waals surface area contributed by atoms with Crippen molar-refractivity contribution in [2.75, 3.05) is 12.3 Å². The van der Waals surface area contributed by atoms with Crippen LogP contribution in [0.5, 0.6) is 0 Å². The van der Waals surface area contributed by atoms with Gasteiger partial charge in [-0.3, -0.25) is 9.59 Å². The number of nitrogens with zero attached hydrogens (tertiary/aromatic N) is 1. The molecule has 0 aliphatic heterocycles. The number of nitrogens with one attached hydrogen (secondary N) is 1. The molecule has 1 unspecified atom stereocenters. The summed E-state index contributed by atoms with van der Waals surface area (Å²) in [6.07, 6.45) is 2.56. The van der Waals surface area contributed by atoms with Crippen LogP contribution < -0.4 is 5.32 Å². The molecule has 2 amide bonds. The van der Waals surface area contributed by atoms with Gasteiger partial charge in [-0.1, -0.05) is 68.3 Å². The Morgan fingerprint density at radius 1 is 1.03 bits per heavy atom. The Morgan fingerprint density at radius 2 is 1.72 bits per heavy atom. The standard InChI is InChI=1S/C24H32N2O2S/c1-4-6-16-25-24(28)22(5-2)26(17-20-14-12-19(3)13-15-20)23(27)18-29-21-10-8-7-9-11-21/h7-15,22H,4-6,16-18H2,1-3H3,(H,25,28). The van der Waals surface area contributed by atoms with Crippen molar-refractivity contribution in [2.24, 2.45) is 0 Å². The van der Waals surface area contributed by atoms with Crippen LogP contribution in [-0.2, 0) is 16.1 Å². The third-order valence-corrected chi connectivity index (χ3v) is 5.79. The predicted molar refractivity (Wildman–Crippen MR) is 121 cm³/mol. The van der Waals surface area contributed by atoms with Gasteiger partial charge in [0.1, 0.15) is 6.04 Å². The average molecular weight is 413 g/mol. The number of benzene rings is 2. The van der Waals surface area contributed by atoms with E-state index in [1.54, 1.807) is 4.90 Å². The van der Waals surface area contributed by atoms with E-state index in [1.165, 1.54) is 17.3 Å². The molecule has 0 aromatic heterocycles. The van der Waals surface area contributed by atoms with Crippen LogP contribution in [0, 0.1) is 6.92 Å². The van der Waals surface area contributed by atoms with E-state index in [1.807, 2.05) is 68.4 Å². The van der Waals surface area contributed by atoms with Crippen molar-refractivity contribution in [2.45, 2.75) is 57.5 Å². The minimum atomic E-state index is -0.461. The highest BCUT2D eigenvalue weighted by Gasteiger charge is 2.28. The van der Waals surface area contributed by atoms with Crippen LogP contribution in [0.2, 0.25) is 0 Å². The Morgan fingerprint density at radius 3 is 2.34 bits per heavy atom. The molecule has 0 spiro atoms. The number of carbonyl (C=O) groups is 2. The predicted octanol–water partition coefficient (Wildman–Crippen LogP) is 4.81. The summed E-state index contributed by atoms with van der Waals surface area (Å²) in [5, 5.41) is 3.00. The van der Waals surface area contributed by atoms with Gasteiger partial charge in [0.15, 0.2) is 0 Å². The van der Waals surface area contributed by atoms with Gasteiger partial charge >= 0.3 is 0 Å². The number of thioether (sulfide) groups is 1. The van der Waals surface area contributed by atoms with E-state index in [9.17, 15) is 9.59 Å². The smallest absolute Gasteiger partial charge is 0.242 e. The lowest BCUT2D eigenvalue weighted by atomic mass is 10.1. The van der Waals surface area contributed by atoms with Gasteiger partial charge in [-0.15, -0.1) is 11.8 Å². The summed E-state index contributed by atoms with van der Waals surface area (Å²) in [5.74, 6) is 0.234. The Labute approximate surface area is 179 Å². The normalized spacial score (nSPS) is 11.7. The molecule has 0 saturated carbocycles. The van der Waals surface area contributed by atoms with Crippen molar-refractivity contribution in [1.82, 2.24) is 10.2 Å². The first kappa shape index (κ1) is 23.0. The fourth-order valence-electron chi connectivity index (χ4n) is 3.06. The summed E-state index contributed by atoms with van der Waals surface area (Å²) in [5.41, 5.74) is 2.21. The van der Waals surface area contributed by atoms with Gasteiger partial charge in [-0.2, -0.15) is 0 Å². The number of aryl methyl sites for hydroxylation is 1. The average Bonchev–Trinajstić information content (AvgIpc) is 2.74. The molecule has 1 atom stereocenters. The minimum absolute atomic E-state index is 0.0167. The second-order valence-electron chi connectivity index (χ2n) is 7.18. The molecule has 156 valence electrons. The van der Waals surface area contributed by atoms with Gasteiger partial charge in [0.05, 0.1) is 5.75 Å². The van der Waals surface area contributed by atoms with Crippen LogP contribution in [0.15, 0.2) is 59.5 Å². The minimum Gasteiger partial charge on any atom is -0.354 e. The fraction of sp³-hybridized carbons (Fsp3) is 0.417. The Balaban J connectivity index is 2.14. The van der Waals surface area contributed by atoms with E-state index in [2.05, 4.69) is 12.2 Å². The van der Waals surface area contributed by atoms with E-state index < -0.39 is 6.04 Å². The first-order valence-corrected chi connectivity index (χ1v) is 11.3. The van der Waals surface area contributed by atoms with Crippen LogP contribution >= 0.6 is 11.8 Å². The maximum Gasteiger partial charge on any atom is 0.242 e. The molecule has 0 radical (unpaired) electrons. The molecule has 2 aromatic carbocycles. The maximum atomic E-state index is 13.1. The Kier molecular flexibility index (Phi) is 9.78. The summed E-state index contributed by atoms with van der Waals surface area (Å²) < 4.78 is 0. The first-order chi connectivity index (χ1) is 14.0. The topological polar surface area (TPSA) is 49.4 Å². The lowest BCUT2D eigenvalue weighted by Gasteiger charge is -2.30. The lowest BCUT2D eigenvalue weighted by molar-refractivity contribution is -0.139. The summed E-state index contributed by atoms with van der Waals surface area (Å²) in [6, 6.07) is 17.6. The molecule has 5 heteroatoms. The van der Waals surface area contributed by atoms with E-state index >= 15 is 0 Å². The zero-order valence-corrected chi connectivity index (χ0v) is 18.5. The SMILES string of the molecule is CCCCNC(=O)C(CC)N(Cc1ccc(C)cc1)C(=O)CSc1ccccc1. The molecule has 2 rings (SSSR count). The van der Waals surface area contributed by atoms with Crippen LogP contribution in [0.25, 0.3) is 0 Å². The molecular formula is C24H32N2O2S. The third kappa shape index (κ3) is 7.58. The third-order valence-electron chi connectivity index (χ3n) is 4.79. The molecule has 0 fully saturated rings. The van der Waals surface area contributed by atoms with Crippen LogP contribution in [-0.4, -0.2) is 35.1 Å². The highest BCUT2D eigenvalue weighted by Crippen LogP contribution is 2.20. The van der Waals surface area contributed by atoms with Crippen LogP contribution in [0.1, 0.15) is 44.2 Å². The maximum absolute atomic E-state index is 13.1. The number of hydrogen-bond acceptors (Lipinski definition) is 3. The number of hydrogen-bond donors (Lipinski definition) is 1. The second-order valence-corrected chi connectivity index (χ2v) is 8.23. The number of amides is 2. The Hall–Kier alpha value is -2.27. The quantitative estimate of drug-likeness (QED) is 0.426. The fourth-order valence-corrected chi connectivity index (χ4v) is 3.87. The van der Waals surface area contributed by atoms with Crippen LogP contribution in [0.3, 0.4) is 0 Å². The van der Waals surface area contributed by atoms with E-state index in [-0.39, 0.29) is 11.8 Å². The second kappa shape index (κ2) is 12.3. The molecular weight excluding hydrogens is 380 g/mol. The molecule has 4 nitrogen and oxygen atoms in total. The highest BCUT2D eigenvalue weighted by molar-refractivity contribution is 8.00. The van der Waals surface area contributed by atoms with Gasteiger partial charge in [0, 0.05) is 18.0 Å². The number of unbranched alkanes of at least 4 members (excludes halogenated alkanes) is 1. The van der Waals surface area contributed by atoms with Crippen molar-refractivity contribution in [1.29, 1.82) is 0 Å². The van der Waals surface area contributed by atoms with Gasteiger partial charge in [-0.25, -0.2) is 0 Å². The molecule has 0 aliphatic rings. The van der Waals surface area contributed by atoms with E-state index in [0.29, 0.717) is 25.3 Å². The Bertz CT molecular complexity index is 762. The van der Waals surface area contributed by atoms with Crippen molar-refractivity contribution in [3.63, 3.8) is 0 Å². The molecule has 0 heterocycles. The number of carbonyl (C=O) groups excluding carboxylic acids is 2. The van der Waals surface area contributed by atoms with Gasteiger partial charge < -0.3 is 10.2 Å². The van der Waals surface area contributed by atoms with E-state index in [4.69, 9.17) is 0 Å². The van der Waals surface area contributed by atoms with Gasteiger partial charge in [-0.05, 0) is 37.5 Å². The zero-order valence-electron chi connectivity index (χ0n) is 17.7. The van der Waals surface area contributed by atoms with Crippen molar-refractivity contribution in [3.05, 3.63) is 65.7 Å². The summed E-state index contributed by atoms with van der Waals surface area (Å²) in [7, 11) is 0. The van der Waals surface area contributed by atoms with Crippen LogP contribution in [0.4, 0.5) is 0 Å². The molecule has 0 aliphatic carbocycles. The molecule has 0 bridgehead atoms. The molecule has 0 saturated heterocycles. The number of rotatable bonds is 11. The van der Waals surface area contributed by atoms with Gasteiger partial charge in [0.25, 0.3) is 0 Å². The summed E-state index contributed by atoms with van der Waals surface area (Å²) >= 11 is 1.51. The highest BCUT2D eigenvalue weighted by atomic mass is 32.2. The molecule has 2 aromatic rings. The lowest BCUT2D eigenvalue weighted by Crippen LogP contribution is -2.49. The monoisotopic (exact) mass is 412 g/mol.